The van der Waals surface area contributed by atoms with Crippen molar-refractivity contribution in [2.45, 2.75) is 348 Å². The summed E-state index contributed by atoms with van der Waals surface area (Å²) < 4.78 is 67.8. The Morgan fingerprint density at radius 1 is 0.289 bits per heavy atom. The van der Waals surface area contributed by atoms with Crippen molar-refractivity contribution in [3.8, 4) is 0 Å². The van der Waals surface area contributed by atoms with Gasteiger partial charge in [-0.2, -0.15) is 0 Å². The standard InChI is InChI=1S/C64H124O17P2/c1-5-9-13-17-20-23-26-28-30-33-36-39-43-47-51-64(69)81-60(55-75-62(67)49-45-41-37-34-32-29-27-24-21-18-14-10-6-2)57-79-83(72,73)77-53-58(65)52-76-82(70,71)78-56-59(54-74-61(66)48-44-40-16-12-8-4)80-63(68)50-46-42-38-35-31-25-22-19-15-11-7-3/h58-60,65H,5-57H2,1-4H3,(H,70,71)(H,72,73)/t58-,59+,60+/m0/s1. The number of hydrogen-bond donors (Lipinski definition) is 3. The van der Waals surface area contributed by atoms with Gasteiger partial charge in [0.1, 0.15) is 19.3 Å². The summed E-state index contributed by atoms with van der Waals surface area (Å²) in [4.78, 5) is 72.0. The highest BCUT2D eigenvalue weighted by molar-refractivity contribution is 7.47. The van der Waals surface area contributed by atoms with Crippen molar-refractivity contribution in [1.82, 2.24) is 0 Å². The zero-order valence-electron chi connectivity index (χ0n) is 53.2. The maximum absolute atomic E-state index is 13.0. The first-order valence-electron chi connectivity index (χ1n) is 33.8. The number of aliphatic hydroxyl groups is 1. The van der Waals surface area contributed by atoms with E-state index in [1.165, 1.54) is 154 Å². The van der Waals surface area contributed by atoms with Gasteiger partial charge in [-0.05, 0) is 25.7 Å². The summed E-state index contributed by atoms with van der Waals surface area (Å²) in [5.41, 5.74) is 0. The van der Waals surface area contributed by atoms with Gasteiger partial charge >= 0.3 is 39.5 Å². The monoisotopic (exact) mass is 1230 g/mol. The second-order valence-corrected chi connectivity index (χ2v) is 26.1. The van der Waals surface area contributed by atoms with Crippen molar-refractivity contribution >= 4 is 39.5 Å². The Morgan fingerprint density at radius 2 is 0.482 bits per heavy atom. The average Bonchev–Trinajstić information content (AvgIpc) is 3.51. The van der Waals surface area contributed by atoms with Crippen LogP contribution in [0.3, 0.4) is 0 Å². The minimum absolute atomic E-state index is 0.106. The van der Waals surface area contributed by atoms with Gasteiger partial charge in [0.25, 0.3) is 0 Å². The SMILES string of the molecule is CCCCCCCCCCCCCCCCC(=O)O[C@H](COC(=O)CCCCCCCCCCCCCCC)COP(=O)(O)OC[C@@H](O)COP(=O)(O)OC[C@@H](COC(=O)CCCCCCC)OC(=O)CCCCCCCCCCCCC. The number of hydrogen-bond acceptors (Lipinski definition) is 15. The smallest absolute Gasteiger partial charge is 0.462 e. The molecule has 0 saturated heterocycles. The number of phosphoric acid groups is 2. The number of rotatable bonds is 65. The van der Waals surface area contributed by atoms with E-state index in [2.05, 4.69) is 27.7 Å². The van der Waals surface area contributed by atoms with Crippen molar-refractivity contribution in [3.05, 3.63) is 0 Å². The maximum atomic E-state index is 13.0. The van der Waals surface area contributed by atoms with Crippen LogP contribution in [-0.4, -0.2) is 96.7 Å². The highest BCUT2D eigenvalue weighted by Crippen LogP contribution is 2.45. The quantitative estimate of drug-likeness (QED) is 0.0222. The van der Waals surface area contributed by atoms with Crippen LogP contribution in [0.4, 0.5) is 0 Å². The molecule has 0 rings (SSSR count). The molecule has 83 heavy (non-hydrogen) atoms. The van der Waals surface area contributed by atoms with E-state index >= 15 is 0 Å². The highest BCUT2D eigenvalue weighted by Gasteiger charge is 2.30. The van der Waals surface area contributed by atoms with E-state index in [1.807, 2.05) is 0 Å². The Balaban J connectivity index is 5.17. The van der Waals surface area contributed by atoms with E-state index in [1.54, 1.807) is 0 Å². The minimum Gasteiger partial charge on any atom is -0.462 e. The Morgan fingerprint density at radius 3 is 0.711 bits per heavy atom. The molecule has 0 aliphatic rings. The Hall–Kier alpha value is -1.94. The molecular weight excluding hydrogens is 1100 g/mol. The van der Waals surface area contributed by atoms with Gasteiger partial charge in [0.15, 0.2) is 12.2 Å². The van der Waals surface area contributed by atoms with Crippen molar-refractivity contribution < 1.29 is 80.2 Å². The summed E-state index contributed by atoms with van der Waals surface area (Å²) in [5.74, 6) is -2.14. The van der Waals surface area contributed by atoms with E-state index in [4.69, 9.17) is 37.0 Å². The summed E-state index contributed by atoms with van der Waals surface area (Å²) in [6.45, 7) is 4.82. The Labute approximate surface area is 505 Å². The van der Waals surface area contributed by atoms with E-state index in [9.17, 15) is 43.2 Å². The molecule has 0 aromatic carbocycles. The third kappa shape index (κ3) is 58.8. The van der Waals surface area contributed by atoms with E-state index in [0.29, 0.717) is 25.7 Å². The number of esters is 4. The lowest BCUT2D eigenvalue weighted by atomic mass is 10.0. The van der Waals surface area contributed by atoms with E-state index < -0.39 is 97.5 Å². The molecule has 0 bridgehead atoms. The molecule has 0 aromatic heterocycles. The number of aliphatic hydroxyl groups excluding tert-OH is 1. The van der Waals surface area contributed by atoms with Crippen molar-refractivity contribution in [2.75, 3.05) is 39.6 Å². The highest BCUT2D eigenvalue weighted by atomic mass is 31.2. The molecule has 492 valence electrons. The molecule has 0 amide bonds. The number of carbonyl (C=O) groups is 4. The molecule has 17 nitrogen and oxygen atoms in total. The molecule has 0 aliphatic heterocycles. The zero-order chi connectivity index (χ0) is 61.2. The molecular formula is C64H124O17P2. The summed E-state index contributed by atoms with van der Waals surface area (Å²) >= 11 is 0. The van der Waals surface area contributed by atoms with Crippen LogP contribution >= 0.6 is 15.6 Å². The van der Waals surface area contributed by atoms with Gasteiger partial charge in [0.05, 0.1) is 26.4 Å². The molecule has 0 fully saturated rings. The van der Waals surface area contributed by atoms with Gasteiger partial charge in [-0.1, -0.05) is 278 Å². The lowest BCUT2D eigenvalue weighted by Gasteiger charge is -2.21. The number of phosphoric ester groups is 2. The number of ether oxygens (including phenoxy) is 4. The first-order valence-corrected chi connectivity index (χ1v) is 36.8. The van der Waals surface area contributed by atoms with Crippen LogP contribution in [0.5, 0.6) is 0 Å². The lowest BCUT2D eigenvalue weighted by Crippen LogP contribution is -2.30. The number of unbranched alkanes of at least 4 members (excludes halogenated alkanes) is 39. The third-order valence-corrected chi connectivity index (χ3v) is 16.8. The lowest BCUT2D eigenvalue weighted by molar-refractivity contribution is -0.161. The predicted molar refractivity (Wildman–Crippen MR) is 331 cm³/mol. The van der Waals surface area contributed by atoms with Crippen LogP contribution in [0.15, 0.2) is 0 Å². The zero-order valence-corrected chi connectivity index (χ0v) is 54.9. The molecule has 0 radical (unpaired) electrons. The molecule has 2 unspecified atom stereocenters. The first-order chi connectivity index (χ1) is 40.2. The summed E-state index contributed by atoms with van der Waals surface area (Å²) in [5, 5.41) is 10.5. The molecule has 0 aliphatic carbocycles. The second kappa shape index (κ2) is 59.0. The molecule has 5 atom stereocenters. The van der Waals surface area contributed by atoms with Crippen LogP contribution < -0.4 is 0 Å². The van der Waals surface area contributed by atoms with Crippen LogP contribution in [0.25, 0.3) is 0 Å². The fourth-order valence-electron chi connectivity index (χ4n) is 9.63. The minimum atomic E-state index is -4.94. The number of carbonyl (C=O) groups excluding carboxylic acids is 4. The van der Waals surface area contributed by atoms with Crippen LogP contribution in [0.1, 0.15) is 329 Å². The normalized spacial score (nSPS) is 14.2. The summed E-state index contributed by atoms with van der Waals surface area (Å²) in [6.07, 6.45) is 44.6. The Bertz CT molecular complexity index is 1600. The Kier molecular flexibility index (Phi) is 57.7. The van der Waals surface area contributed by atoms with Crippen molar-refractivity contribution in [2.24, 2.45) is 0 Å². The largest absolute Gasteiger partial charge is 0.472 e. The fraction of sp³-hybridized carbons (Fsp3) is 0.938. The molecule has 0 spiro atoms. The van der Waals surface area contributed by atoms with Crippen LogP contribution in [0.2, 0.25) is 0 Å². The van der Waals surface area contributed by atoms with Gasteiger partial charge in [0.2, 0.25) is 0 Å². The summed E-state index contributed by atoms with van der Waals surface area (Å²) in [6, 6.07) is 0. The average molecular weight is 1230 g/mol. The van der Waals surface area contributed by atoms with E-state index in [-0.39, 0.29) is 25.7 Å². The topological polar surface area (TPSA) is 237 Å². The van der Waals surface area contributed by atoms with Crippen molar-refractivity contribution in [3.63, 3.8) is 0 Å². The first kappa shape index (κ1) is 81.1. The molecule has 0 aromatic rings. The van der Waals surface area contributed by atoms with Gasteiger partial charge in [-0.25, -0.2) is 9.13 Å². The molecule has 3 N–H and O–H groups in total. The molecule has 0 heterocycles. The predicted octanol–water partition coefficient (Wildman–Crippen LogP) is 17.9. The fourth-order valence-corrected chi connectivity index (χ4v) is 11.2. The maximum Gasteiger partial charge on any atom is 0.472 e. The van der Waals surface area contributed by atoms with Crippen molar-refractivity contribution in [1.29, 1.82) is 0 Å². The molecule has 0 saturated carbocycles. The van der Waals surface area contributed by atoms with E-state index in [0.717, 1.165) is 96.3 Å². The van der Waals surface area contributed by atoms with Crippen LogP contribution in [0, 0.1) is 0 Å². The van der Waals surface area contributed by atoms with Gasteiger partial charge in [0, 0.05) is 25.7 Å². The van der Waals surface area contributed by atoms with Gasteiger partial charge < -0.3 is 33.8 Å². The molecule has 19 heteroatoms. The summed E-state index contributed by atoms with van der Waals surface area (Å²) in [7, 11) is -9.88. The van der Waals surface area contributed by atoms with Gasteiger partial charge in [-0.3, -0.25) is 37.3 Å². The third-order valence-electron chi connectivity index (χ3n) is 14.9. The van der Waals surface area contributed by atoms with Gasteiger partial charge in [-0.15, -0.1) is 0 Å². The van der Waals surface area contributed by atoms with Crippen LogP contribution in [-0.2, 0) is 65.4 Å². The second-order valence-electron chi connectivity index (χ2n) is 23.2.